The lowest BCUT2D eigenvalue weighted by molar-refractivity contribution is -0.185. The summed E-state index contributed by atoms with van der Waals surface area (Å²) >= 11 is 0. The Morgan fingerprint density at radius 3 is 2.46 bits per heavy atom. The Morgan fingerprint density at radius 1 is 1.17 bits per heavy atom. The lowest BCUT2D eigenvalue weighted by Crippen LogP contribution is -2.55. The number of aliphatic hydroxyl groups is 2. The van der Waals surface area contributed by atoms with E-state index in [0.717, 1.165) is 0 Å². The zero-order valence-electron chi connectivity index (χ0n) is 13.8. The van der Waals surface area contributed by atoms with Gasteiger partial charge in [0.1, 0.15) is 6.10 Å². The predicted octanol–water partition coefficient (Wildman–Crippen LogP) is 1.01. The first-order valence-electron chi connectivity index (χ1n) is 8.31. The summed E-state index contributed by atoms with van der Waals surface area (Å²) in [4.78, 5) is 25.9. The number of hydrogen-bond acceptors (Lipinski definition) is 5. The highest BCUT2D eigenvalue weighted by Crippen LogP contribution is 2.35. The molecule has 2 heterocycles. The van der Waals surface area contributed by atoms with Gasteiger partial charge in [0, 0.05) is 30.6 Å². The van der Waals surface area contributed by atoms with Gasteiger partial charge in [-0.15, -0.1) is 0 Å². The Kier molecular flexibility index (Phi) is 4.71. The number of carbonyl (C=O) groups is 2. The number of Topliss-reactive ketones (excluding diaryl/α,β-unsaturated/α-hetero) is 1. The Morgan fingerprint density at radius 2 is 1.83 bits per heavy atom. The van der Waals surface area contributed by atoms with E-state index in [1.165, 1.54) is 6.92 Å². The molecule has 24 heavy (non-hydrogen) atoms. The minimum atomic E-state index is -0.829. The van der Waals surface area contributed by atoms with Gasteiger partial charge in [-0.1, -0.05) is 12.1 Å². The second-order valence-corrected chi connectivity index (χ2v) is 6.76. The van der Waals surface area contributed by atoms with Crippen LogP contribution in [0.25, 0.3) is 0 Å². The standard InChI is InChI=1S/C18H23NO5/c1-12(20)13-3-2-4-14(9-13)17(23)19-7-5-18(6-8-19)10-15(21)16(22)11-24-18/h2-4,9,15-16,21-22H,5-8,10-11H2,1H3/t15-,16+/m1/s1. The molecule has 1 spiro atoms. The van der Waals surface area contributed by atoms with Gasteiger partial charge in [0.2, 0.25) is 0 Å². The Labute approximate surface area is 141 Å². The van der Waals surface area contributed by atoms with Crippen molar-refractivity contribution in [3.63, 3.8) is 0 Å². The lowest BCUT2D eigenvalue weighted by Gasteiger charge is -2.46. The van der Waals surface area contributed by atoms with Crippen molar-refractivity contribution in [3.8, 4) is 0 Å². The van der Waals surface area contributed by atoms with Crippen LogP contribution < -0.4 is 0 Å². The molecule has 2 atom stereocenters. The molecule has 0 unspecified atom stereocenters. The number of likely N-dealkylation sites (tertiary alicyclic amines) is 1. The number of aliphatic hydroxyl groups excluding tert-OH is 2. The van der Waals surface area contributed by atoms with Crippen LogP contribution >= 0.6 is 0 Å². The average Bonchev–Trinajstić information content (AvgIpc) is 2.59. The number of rotatable bonds is 2. The fourth-order valence-corrected chi connectivity index (χ4v) is 3.47. The zero-order valence-corrected chi connectivity index (χ0v) is 13.8. The van der Waals surface area contributed by atoms with Crippen molar-refractivity contribution in [2.45, 2.75) is 44.0 Å². The molecule has 2 N–H and O–H groups in total. The van der Waals surface area contributed by atoms with E-state index in [2.05, 4.69) is 0 Å². The van der Waals surface area contributed by atoms with Crippen LogP contribution in [-0.2, 0) is 4.74 Å². The lowest BCUT2D eigenvalue weighted by atomic mass is 9.82. The molecule has 2 fully saturated rings. The molecule has 1 aromatic rings. The Bertz CT molecular complexity index is 636. The molecule has 1 aromatic carbocycles. The summed E-state index contributed by atoms with van der Waals surface area (Å²) in [5.74, 6) is -0.158. The van der Waals surface area contributed by atoms with Gasteiger partial charge in [-0.25, -0.2) is 0 Å². The number of piperidine rings is 1. The first kappa shape index (κ1) is 17.1. The summed E-state index contributed by atoms with van der Waals surface area (Å²) in [6, 6.07) is 6.77. The maximum absolute atomic E-state index is 12.6. The van der Waals surface area contributed by atoms with Gasteiger partial charge in [0.05, 0.1) is 18.3 Å². The van der Waals surface area contributed by atoms with Gasteiger partial charge in [-0.3, -0.25) is 9.59 Å². The normalized spacial score (nSPS) is 26.4. The molecule has 0 radical (unpaired) electrons. The molecule has 6 nitrogen and oxygen atoms in total. The highest BCUT2D eigenvalue weighted by Gasteiger charge is 2.43. The summed E-state index contributed by atoms with van der Waals surface area (Å²) in [5, 5.41) is 19.5. The van der Waals surface area contributed by atoms with Crippen LogP contribution in [0.15, 0.2) is 24.3 Å². The summed E-state index contributed by atoms with van der Waals surface area (Å²) in [7, 11) is 0. The predicted molar refractivity (Wildman–Crippen MR) is 86.9 cm³/mol. The summed E-state index contributed by atoms with van der Waals surface area (Å²) in [5.41, 5.74) is 0.595. The van der Waals surface area contributed by atoms with Crippen LogP contribution in [-0.4, -0.2) is 64.3 Å². The SMILES string of the molecule is CC(=O)c1cccc(C(=O)N2CCC3(CC2)C[C@@H](O)[C@@H](O)CO3)c1. The number of ether oxygens (including phenoxy) is 1. The fraction of sp³-hybridized carbons (Fsp3) is 0.556. The van der Waals surface area contributed by atoms with Crippen LogP contribution in [0.4, 0.5) is 0 Å². The van der Waals surface area contributed by atoms with Crippen LogP contribution in [0.5, 0.6) is 0 Å². The monoisotopic (exact) mass is 333 g/mol. The molecule has 0 bridgehead atoms. The van der Waals surface area contributed by atoms with Gasteiger partial charge in [0.15, 0.2) is 5.78 Å². The van der Waals surface area contributed by atoms with Gasteiger partial charge >= 0.3 is 0 Å². The summed E-state index contributed by atoms with van der Waals surface area (Å²) in [6.07, 6.45) is 0.0673. The van der Waals surface area contributed by atoms with Crippen molar-refractivity contribution in [2.75, 3.05) is 19.7 Å². The van der Waals surface area contributed by atoms with E-state index in [1.807, 2.05) is 0 Å². The zero-order chi connectivity index (χ0) is 17.3. The highest BCUT2D eigenvalue weighted by atomic mass is 16.5. The molecular formula is C18H23NO5. The van der Waals surface area contributed by atoms with Gasteiger partial charge in [0.25, 0.3) is 5.91 Å². The molecule has 1 amide bonds. The number of carbonyl (C=O) groups excluding carboxylic acids is 2. The minimum Gasteiger partial charge on any atom is -0.390 e. The molecular weight excluding hydrogens is 310 g/mol. The maximum atomic E-state index is 12.6. The third-order valence-corrected chi connectivity index (χ3v) is 5.06. The van der Waals surface area contributed by atoms with E-state index < -0.39 is 17.8 Å². The molecule has 0 aromatic heterocycles. The third kappa shape index (κ3) is 3.36. The largest absolute Gasteiger partial charge is 0.390 e. The van der Waals surface area contributed by atoms with Gasteiger partial charge < -0.3 is 19.8 Å². The molecule has 0 aliphatic carbocycles. The van der Waals surface area contributed by atoms with Gasteiger partial charge in [-0.05, 0) is 31.9 Å². The summed E-state index contributed by atoms with van der Waals surface area (Å²) < 4.78 is 5.78. The Balaban J connectivity index is 1.65. The Hall–Kier alpha value is -1.76. The van der Waals surface area contributed by atoms with Gasteiger partial charge in [-0.2, -0.15) is 0 Å². The quantitative estimate of drug-likeness (QED) is 0.789. The number of amides is 1. The van der Waals surface area contributed by atoms with Crippen molar-refractivity contribution in [3.05, 3.63) is 35.4 Å². The average molecular weight is 333 g/mol. The molecule has 3 rings (SSSR count). The molecule has 2 saturated heterocycles. The van der Waals surface area contributed by atoms with Crippen LogP contribution in [0.1, 0.15) is 46.9 Å². The van der Waals surface area contributed by atoms with E-state index in [1.54, 1.807) is 29.2 Å². The molecule has 6 heteroatoms. The van der Waals surface area contributed by atoms with E-state index in [4.69, 9.17) is 4.74 Å². The molecule has 2 aliphatic heterocycles. The third-order valence-electron chi connectivity index (χ3n) is 5.06. The molecule has 2 aliphatic rings. The van der Waals surface area contributed by atoms with Crippen molar-refractivity contribution >= 4 is 11.7 Å². The fourth-order valence-electron chi connectivity index (χ4n) is 3.47. The van der Waals surface area contributed by atoms with Crippen LogP contribution in [0.3, 0.4) is 0 Å². The molecule has 0 saturated carbocycles. The van der Waals surface area contributed by atoms with Crippen molar-refractivity contribution in [1.29, 1.82) is 0 Å². The minimum absolute atomic E-state index is 0.0644. The maximum Gasteiger partial charge on any atom is 0.253 e. The van der Waals surface area contributed by atoms with E-state index >= 15 is 0 Å². The first-order chi connectivity index (χ1) is 11.4. The van der Waals surface area contributed by atoms with E-state index in [0.29, 0.717) is 43.5 Å². The second kappa shape index (κ2) is 6.63. The van der Waals surface area contributed by atoms with Crippen molar-refractivity contribution in [2.24, 2.45) is 0 Å². The highest BCUT2D eigenvalue weighted by molar-refractivity contribution is 5.99. The van der Waals surface area contributed by atoms with Crippen LogP contribution in [0.2, 0.25) is 0 Å². The van der Waals surface area contributed by atoms with E-state index in [-0.39, 0.29) is 18.3 Å². The molecule has 130 valence electrons. The number of hydrogen-bond donors (Lipinski definition) is 2. The van der Waals surface area contributed by atoms with Crippen molar-refractivity contribution < 1.29 is 24.5 Å². The number of ketones is 1. The summed E-state index contributed by atoms with van der Waals surface area (Å²) in [6.45, 7) is 2.68. The van der Waals surface area contributed by atoms with Crippen LogP contribution in [0, 0.1) is 0 Å². The number of nitrogens with zero attached hydrogens (tertiary/aromatic N) is 1. The van der Waals surface area contributed by atoms with Crippen molar-refractivity contribution in [1.82, 2.24) is 4.90 Å². The smallest absolute Gasteiger partial charge is 0.253 e. The second-order valence-electron chi connectivity index (χ2n) is 6.76. The van der Waals surface area contributed by atoms with E-state index in [9.17, 15) is 19.8 Å². The number of benzene rings is 1. The first-order valence-corrected chi connectivity index (χ1v) is 8.31. The topological polar surface area (TPSA) is 87.1 Å².